The number of Topliss-reactive ketones (excluding diaryl/α,β-unsaturated/α-hetero) is 1. The summed E-state index contributed by atoms with van der Waals surface area (Å²) < 4.78 is 0. The molecule has 0 bridgehead atoms. The van der Waals surface area contributed by atoms with Crippen molar-refractivity contribution in [1.82, 2.24) is 5.32 Å². The molecule has 1 unspecified atom stereocenters. The summed E-state index contributed by atoms with van der Waals surface area (Å²) >= 11 is 0. The summed E-state index contributed by atoms with van der Waals surface area (Å²) in [6.45, 7) is 4.02. The van der Waals surface area contributed by atoms with Gasteiger partial charge < -0.3 is 10.4 Å². The number of hydrogen-bond acceptors (Lipinski definition) is 3. The van der Waals surface area contributed by atoms with Crippen molar-refractivity contribution in [3.8, 4) is 0 Å². The van der Waals surface area contributed by atoms with Gasteiger partial charge in [0, 0.05) is 24.9 Å². The fourth-order valence-electron chi connectivity index (χ4n) is 2.48. The van der Waals surface area contributed by atoms with Crippen molar-refractivity contribution in [2.75, 3.05) is 6.54 Å². The molecule has 0 saturated heterocycles. The van der Waals surface area contributed by atoms with Crippen LogP contribution in [0.15, 0.2) is 48.5 Å². The lowest BCUT2D eigenvalue weighted by atomic mass is 10.0. The van der Waals surface area contributed by atoms with Crippen molar-refractivity contribution in [1.29, 1.82) is 0 Å². The van der Waals surface area contributed by atoms with Crippen LogP contribution in [0.4, 0.5) is 0 Å². The van der Waals surface area contributed by atoms with Crippen molar-refractivity contribution < 1.29 is 14.7 Å². The molecule has 0 aliphatic rings. The van der Waals surface area contributed by atoms with Gasteiger partial charge in [-0.1, -0.05) is 54.1 Å². The zero-order valence-corrected chi connectivity index (χ0v) is 14.1. The van der Waals surface area contributed by atoms with Gasteiger partial charge in [-0.05, 0) is 25.0 Å². The maximum absolute atomic E-state index is 12.0. The highest BCUT2D eigenvalue weighted by Crippen LogP contribution is 2.16. The van der Waals surface area contributed by atoms with Crippen LogP contribution in [-0.4, -0.2) is 23.3 Å². The number of aryl methyl sites for hydroxylation is 2. The first-order valence-corrected chi connectivity index (χ1v) is 8.07. The zero-order chi connectivity index (χ0) is 17.5. The minimum atomic E-state index is -0.747. The van der Waals surface area contributed by atoms with Gasteiger partial charge in [-0.3, -0.25) is 9.59 Å². The van der Waals surface area contributed by atoms with Gasteiger partial charge in [-0.2, -0.15) is 0 Å². The Bertz CT molecular complexity index is 707. The molecule has 0 aliphatic carbocycles. The smallest absolute Gasteiger partial charge is 0.220 e. The summed E-state index contributed by atoms with van der Waals surface area (Å²) in [5, 5.41) is 12.8. The van der Waals surface area contributed by atoms with Crippen molar-refractivity contribution in [2.24, 2.45) is 0 Å². The van der Waals surface area contributed by atoms with Crippen LogP contribution in [0.3, 0.4) is 0 Å². The third-order valence-electron chi connectivity index (χ3n) is 3.99. The molecule has 126 valence electrons. The van der Waals surface area contributed by atoms with Crippen LogP contribution in [0.5, 0.6) is 0 Å². The van der Waals surface area contributed by atoms with Crippen LogP contribution in [0.1, 0.15) is 46.0 Å². The largest absolute Gasteiger partial charge is 0.387 e. The number of aliphatic hydroxyl groups is 1. The SMILES string of the molecule is Cc1ccc(C(=O)CCC(=O)NCC(O)c2ccccc2C)cc1. The third-order valence-corrected chi connectivity index (χ3v) is 3.99. The average Bonchev–Trinajstić information content (AvgIpc) is 2.58. The minimum absolute atomic E-state index is 0.0513. The molecule has 0 spiro atoms. The molecule has 0 aromatic heterocycles. The van der Waals surface area contributed by atoms with Crippen LogP contribution in [-0.2, 0) is 4.79 Å². The Hall–Kier alpha value is -2.46. The zero-order valence-electron chi connectivity index (χ0n) is 14.1. The molecule has 4 heteroatoms. The molecular formula is C20H23NO3. The standard InChI is InChI=1S/C20H23NO3/c1-14-7-9-16(10-8-14)18(22)11-12-20(24)21-13-19(23)17-6-4-3-5-15(17)2/h3-10,19,23H,11-13H2,1-2H3,(H,21,24). The van der Waals surface area contributed by atoms with Crippen LogP contribution >= 0.6 is 0 Å². The normalized spacial score (nSPS) is 11.8. The van der Waals surface area contributed by atoms with E-state index in [4.69, 9.17) is 0 Å². The lowest BCUT2D eigenvalue weighted by Gasteiger charge is -2.14. The van der Waals surface area contributed by atoms with E-state index in [1.165, 1.54) is 0 Å². The monoisotopic (exact) mass is 325 g/mol. The first-order chi connectivity index (χ1) is 11.5. The number of nitrogens with one attached hydrogen (secondary N) is 1. The number of carbonyl (C=O) groups excluding carboxylic acids is 2. The lowest BCUT2D eigenvalue weighted by molar-refractivity contribution is -0.121. The Kier molecular flexibility index (Phi) is 6.27. The summed E-state index contributed by atoms with van der Waals surface area (Å²) in [7, 11) is 0. The van der Waals surface area contributed by atoms with Crippen molar-refractivity contribution in [3.05, 3.63) is 70.8 Å². The second kappa shape index (κ2) is 8.41. The first kappa shape index (κ1) is 17.9. The molecule has 2 rings (SSSR count). The number of aliphatic hydroxyl groups excluding tert-OH is 1. The van der Waals surface area contributed by atoms with E-state index in [-0.39, 0.29) is 31.1 Å². The number of rotatable bonds is 7. The van der Waals surface area contributed by atoms with Gasteiger partial charge in [-0.15, -0.1) is 0 Å². The van der Waals surface area contributed by atoms with Crippen molar-refractivity contribution in [3.63, 3.8) is 0 Å². The predicted molar refractivity (Wildman–Crippen MR) is 93.9 cm³/mol. The van der Waals surface area contributed by atoms with E-state index in [1.54, 1.807) is 12.1 Å². The van der Waals surface area contributed by atoms with E-state index < -0.39 is 6.10 Å². The molecule has 1 amide bonds. The molecule has 4 nitrogen and oxygen atoms in total. The molecule has 1 atom stereocenters. The lowest BCUT2D eigenvalue weighted by Crippen LogP contribution is -2.28. The van der Waals surface area contributed by atoms with Gasteiger partial charge in [0.15, 0.2) is 5.78 Å². The van der Waals surface area contributed by atoms with Gasteiger partial charge in [0.2, 0.25) is 5.91 Å². The molecular weight excluding hydrogens is 302 g/mol. The summed E-state index contributed by atoms with van der Waals surface area (Å²) in [4.78, 5) is 23.9. The quantitative estimate of drug-likeness (QED) is 0.769. The Balaban J connectivity index is 1.78. The molecule has 2 aromatic rings. The molecule has 0 saturated carbocycles. The van der Waals surface area contributed by atoms with Crippen LogP contribution < -0.4 is 5.32 Å². The van der Waals surface area contributed by atoms with E-state index in [1.807, 2.05) is 50.2 Å². The summed E-state index contributed by atoms with van der Waals surface area (Å²) in [5.74, 6) is -0.285. The van der Waals surface area contributed by atoms with Crippen LogP contribution in [0, 0.1) is 13.8 Å². The van der Waals surface area contributed by atoms with Crippen molar-refractivity contribution in [2.45, 2.75) is 32.8 Å². The fourth-order valence-corrected chi connectivity index (χ4v) is 2.48. The second-order valence-corrected chi connectivity index (χ2v) is 5.97. The van der Waals surface area contributed by atoms with E-state index in [0.29, 0.717) is 5.56 Å². The number of hydrogen-bond donors (Lipinski definition) is 2. The number of amides is 1. The second-order valence-electron chi connectivity index (χ2n) is 5.97. The number of benzene rings is 2. The maximum atomic E-state index is 12.0. The van der Waals surface area contributed by atoms with Crippen LogP contribution in [0.2, 0.25) is 0 Å². The summed E-state index contributed by atoms with van der Waals surface area (Å²) in [6.07, 6.45) is -0.467. The summed E-state index contributed by atoms with van der Waals surface area (Å²) in [5.41, 5.74) is 3.49. The number of ketones is 1. The van der Waals surface area contributed by atoms with E-state index in [9.17, 15) is 14.7 Å². The Labute approximate surface area is 142 Å². The van der Waals surface area contributed by atoms with Crippen molar-refractivity contribution >= 4 is 11.7 Å². The predicted octanol–water partition coefficient (Wildman–Crippen LogP) is 3.12. The van der Waals surface area contributed by atoms with Gasteiger partial charge in [-0.25, -0.2) is 0 Å². The molecule has 2 N–H and O–H groups in total. The van der Waals surface area contributed by atoms with E-state index >= 15 is 0 Å². The molecule has 0 fully saturated rings. The van der Waals surface area contributed by atoms with Gasteiger partial charge >= 0.3 is 0 Å². The molecule has 0 aliphatic heterocycles. The summed E-state index contributed by atoms with van der Waals surface area (Å²) in [6, 6.07) is 14.8. The highest BCUT2D eigenvalue weighted by atomic mass is 16.3. The Morgan fingerprint density at radius 2 is 1.67 bits per heavy atom. The van der Waals surface area contributed by atoms with E-state index in [2.05, 4.69) is 5.32 Å². The highest BCUT2D eigenvalue weighted by Gasteiger charge is 2.13. The van der Waals surface area contributed by atoms with Crippen LogP contribution in [0.25, 0.3) is 0 Å². The fraction of sp³-hybridized carbons (Fsp3) is 0.300. The van der Waals surface area contributed by atoms with Gasteiger partial charge in [0.1, 0.15) is 0 Å². The molecule has 2 aromatic carbocycles. The minimum Gasteiger partial charge on any atom is -0.387 e. The third kappa shape index (κ3) is 5.03. The molecule has 0 radical (unpaired) electrons. The first-order valence-electron chi connectivity index (χ1n) is 8.07. The number of carbonyl (C=O) groups is 2. The van der Waals surface area contributed by atoms with Gasteiger partial charge in [0.25, 0.3) is 0 Å². The average molecular weight is 325 g/mol. The van der Waals surface area contributed by atoms with Gasteiger partial charge in [0.05, 0.1) is 6.10 Å². The highest BCUT2D eigenvalue weighted by molar-refractivity contribution is 5.97. The topological polar surface area (TPSA) is 66.4 Å². The molecule has 0 heterocycles. The van der Waals surface area contributed by atoms with E-state index in [0.717, 1.165) is 16.7 Å². The Morgan fingerprint density at radius 1 is 1.00 bits per heavy atom. The maximum Gasteiger partial charge on any atom is 0.220 e. The molecule has 24 heavy (non-hydrogen) atoms. The Morgan fingerprint density at radius 3 is 2.33 bits per heavy atom.